The van der Waals surface area contributed by atoms with Gasteiger partial charge in [0.25, 0.3) is 0 Å². The molecule has 2 rings (SSSR count). The summed E-state index contributed by atoms with van der Waals surface area (Å²) in [5, 5.41) is 8.15. The van der Waals surface area contributed by atoms with E-state index in [0.29, 0.717) is 11.5 Å². The molecule has 4 heteroatoms. The van der Waals surface area contributed by atoms with Crippen LogP contribution in [-0.2, 0) is 9.84 Å². The largest absolute Gasteiger partial charge is 0.222 e. The van der Waals surface area contributed by atoms with Gasteiger partial charge in [-0.05, 0) is 29.2 Å². The molecule has 0 fully saturated rings. The van der Waals surface area contributed by atoms with E-state index in [4.69, 9.17) is 0 Å². The first-order valence-corrected chi connectivity index (χ1v) is 8.30. The van der Waals surface area contributed by atoms with Crippen LogP contribution < -0.4 is 0 Å². The van der Waals surface area contributed by atoms with Crippen molar-refractivity contribution < 1.29 is 8.42 Å². The molecule has 0 aliphatic rings. The summed E-state index contributed by atoms with van der Waals surface area (Å²) in [6.45, 7) is 4.13. The number of rotatable bonds is 4. The van der Waals surface area contributed by atoms with E-state index in [1.54, 1.807) is 30.3 Å². The Morgan fingerprint density at radius 3 is 1.90 bits per heavy atom. The maximum Gasteiger partial charge on any atom is 0.198 e. The fourth-order valence-corrected chi connectivity index (χ4v) is 3.59. The maximum atomic E-state index is 12.6. The molecule has 0 heterocycles. The Hall–Kier alpha value is -2.12. The summed E-state index contributed by atoms with van der Waals surface area (Å²) in [7, 11) is -3.70. The van der Waals surface area contributed by atoms with E-state index in [1.165, 1.54) is 12.1 Å². The van der Waals surface area contributed by atoms with Gasteiger partial charge in [-0.1, -0.05) is 56.3 Å². The molecule has 3 nitrogen and oxygen atoms in total. The van der Waals surface area contributed by atoms with Crippen molar-refractivity contribution in [1.29, 1.82) is 5.26 Å². The minimum Gasteiger partial charge on any atom is -0.222 e. The van der Waals surface area contributed by atoms with Gasteiger partial charge in [0.2, 0.25) is 0 Å². The van der Waals surface area contributed by atoms with Crippen LogP contribution in [0.1, 0.15) is 36.1 Å². The molecule has 2 aromatic carbocycles. The Bertz CT molecular complexity index is 742. The van der Waals surface area contributed by atoms with Crippen molar-refractivity contribution in [2.75, 3.05) is 0 Å². The number of hydrogen-bond donors (Lipinski definition) is 0. The third kappa shape index (κ3) is 3.14. The predicted molar refractivity (Wildman–Crippen MR) is 82.5 cm³/mol. The number of nitrogens with zero attached hydrogens (tertiary/aromatic N) is 1. The van der Waals surface area contributed by atoms with Crippen molar-refractivity contribution in [2.45, 2.75) is 29.9 Å². The minimum atomic E-state index is -3.70. The third-order valence-electron chi connectivity index (χ3n) is 3.41. The highest BCUT2D eigenvalue weighted by Crippen LogP contribution is 2.29. The molecular formula is C17H17NO2S. The summed E-state index contributed by atoms with van der Waals surface area (Å²) in [5.74, 6) is 0.366. The van der Waals surface area contributed by atoms with Crippen LogP contribution in [0.3, 0.4) is 0 Å². The van der Waals surface area contributed by atoms with Gasteiger partial charge in [-0.25, -0.2) is 8.42 Å². The molecule has 0 aliphatic carbocycles. The van der Waals surface area contributed by atoms with E-state index in [0.717, 1.165) is 5.56 Å². The highest BCUT2D eigenvalue weighted by Gasteiger charge is 2.28. The molecule has 0 N–H and O–H groups in total. The number of nitriles is 1. The molecule has 0 saturated carbocycles. The monoisotopic (exact) mass is 299 g/mol. The number of hydrogen-bond acceptors (Lipinski definition) is 3. The molecule has 0 aromatic heterocycles. The van der Waals surface area contributed by atoms with Crippen LogP contribution in [-0.4, -0.2) is 8.42 Å². The molecule has 1 unspecified atom stereocenters. The van der Waals surface area contributed by atoms with Gasteiger partial charge < -0.3 is 0 Å². The van der Waals surface area contributed by atoms with Crippen molar-refractivity contribution in [1.82, 2.24) is 0 Å². The molecule has 0 amide bonds. The minimum absolute atomic E-state index is 0.171. The van der Waals surface area contributed by atoms with E-state index in [9.17, 15) is 13.7 Å². The predicted octanol–water partition coefficient (Wildman–Crippen LogP) is 3.85. The second kappa shape index (κ2) is 6.11. The lowest BCUT2D eigenvalue weighted by molar-refractivity contribution is 0.591. The van der Waals surface area contributed by atoms with Crippen molar-refractivity contribution in [3.8, 4) is 6.07 Å². The van der Waals surface area contributed by atoms with Gasteiger partial charge >= 0.3 is 0 Å². The van der Waals surface area contributed by atoms with Gasteiger partial charge in [0.05, 0.1) is 11.0 Å². The van der Waals surface area contributed by atoms with Gasteiger partial charge in [0.1, 0.15) is 0 Å². The summed E-state index contributed by atoms with van der Waals surface area (Å²) >= 11 is 0. The first-order valence-electron chi connectivity index (χ1n) is 6.75. The van der Waals surface area contributed by atoms with Gasteiger partial charge in [-0.15, -0.1) is 0 Å². The molecule has 0 saturated heterocycles. The zero-order valence-electron chi connectivity index (χ0n) is 12.0. The summed E-state index contributed by atoms with van der Waals surface area (Å²) in [6.07, 6.45) is 0. The Morgan fingerprint density at radius 2 is 1.43 bits per heavy atom. The molecule has 0 radical (unpaired) electrons. The Labute approximate surface area is 125 Å². The highest BCUT2D eigenvalue weighted by atomic mass is 32.2. The molecule has 0 spiro atoms. The first-order chi connectivity index (χ1) is 9.96. The SMILES string of the molecule is CC(C)c1ccc(C(C#N)S(=O)(=O)c2ccccc2)cc1. The van der Waals surface area contributed by atoms with Gasteiger partial charge in [0.15, 0.2) is 15.1 Å². The van der Waals surface area contributed by atoms with Crippen molar-refractivity contribution in [3.63, 3.8) is 0 Å². The standard InChI is InChI=1S/C17H17NO2S/c1-13(2)14-8-10-15(11-9-14)17(12-18)21(19,20)16-6-4-3-5-7-16/h3-11,13,17H,1-2H3. The molecule has 1 atom stereocenters. The Morgan fingerprint density at radius 1 is 0.905 bits per heavy atom. The van der Waals surface area contributed by atoms with Gasteiger partial charge in [0, 0.05) is 0 Å². The highest BCUT2D eigenvalue weighted by molar-refractivity contribution is 7.92. The summed E-state index contributed by atoms with van der Waals surface area (Å²) in [6, 6.07) is 17.2. The summed E-state index contributed by atoms with van der Waals surface area (Å²) in [5.41, 5.74) is 1.62. The van der Waals surface area contributed by atoms with Crippen molar-refractivity contribution in [2.24, 2.45) is 0 Å². The molecular weight excluding hydrogens is 282 g/mol. The third-order valence-corrected chi connectivity index (χ3v) is 5.33. The smallest absolute Gasteiger partial charge is 0.198 e. The lowest BCUT2D eigenvalue weighted by Crippen LogP contribution is -2.12. The molecule has 2 aromatic rings. The lowest BCUT2D eigenvalue weighted by atomic mass is 10.0. The molecule has 108 valence electrons. The van der Waals surface area contributed by atoms with Crippen LogP contribution >= 0.6 is 0 Å². The van der Waals surface area contributed by atoms with Crippen LogP contribution in [0.15, 0.2) is 59.5 Å². The molecule has 21 heavy (non-hydrogen) atoms. The van der Waals surface area contributed by atoms with Crippen LogP contribution in [0.25, 0.3) is 0 Å². The van der Waals surface area contributed by atoms with E-state index in [-0.39, 0.29) is 4.90 Å². The zero-order valence-corrected chi connectivity index (χ0v) is 12.8. The van der Waals surface area contributed by atoms with Gasteiger partial charge in [-0.3, -0.25) is 0 Å². The average molecular weight is 299 g/mol. The quantitative estimate of drug-likeness (QED) is 0.861. The Balaban J connectivity index is 2.43. The summed E-state index contributed by atoms with van der Waals surface area (Å²) in [4.78, 5) is 0.171. The van der Waals surface area contributed by atoms with E-state index in [2.05, 4.69) is 13.8 Å². The van der Waals surface area contributed by atoms with Crippen LogP contribution in [0.4, 0.5) is 0 Å². The molecule has 0 aliphatic heterocycles. The maximum absolute atomic E-state index is 12.6. The topological polar surface area (TPSA) is 57.9 Å². The van der Waals surface area contributed by atoms with Crippen molar-refractivity contribution in [3.05, 3.63) is 65.7 Å². The average Bonchev–Trinajstić information content (AvgIpc) is 2.49. The second-order valence-electron chi connectivity index (χ2n) is 5.19. The number of benzene rings is 2. The second-order valence-corrected chi connectivity index (χ2v) is 7.22. The van der Waals surface area contributed by atoms with E-state index < -0.39 is 15.1 Å². The van der Waals surface area contributed by atoms with E-state index >= 15 is 0 Å². The van der Waals surface area contributed by atoms with Crippen LogP contribution in [0, 0.1) is 11.3 Å². The van der Waals surface area contributed by atoms with Crippen LogP contribution in [0.2, 0.25) is 0 Å². The van der Waals surface area contributed by atoms with E-state index in [1.807, 2.05) is 18.2 Å². The Kier molecular flexibility index (Phi) is 4.44. The van der Waals surface area contributed by atoms with Crippen molar-refractivity contribution >= 4 is 9.84 Å². The fraction of sp³-hybridized carbons (Fsp3) is 0.235. The van der Waals surface area contributed by atoms with Crippen LogP contribution in [0.5, 0.6) is 0 Å². The van der Waals surface area contributed by atoms with Gasteiger partial charge in [-0.2, -0.15) is 5.26 Å². The molecule has 0 bridgehead atoms. The lowest BCUT2D eigenvalue weighted by Gasteiger charge is -2.12. The first kappa shape index (κ1) is 15.3. The summed E-state index contributed by atoms with van der Waals surface area (Å²) < 4.78 is 25.1. The fourth-order valence-electron chi connectivity index (χ4n) is 2.13. The number of sulfone groups is 1. The zero-order chi connectivity index (χ0) is 15.5. The normalized spacial score (nSPS) is 12.9.